The van der Waals surface area contributed by atoms with Gasteiger partial charge >= 0.3 is 0 Å². The molecule has 1 N–H and O–H groups in total. The first-order valence-corrected chi connectivity index (χ1v) is 8.39. The van der Waals surface area contributed by atoms with Crippen LogP contribution in [0.3, 0.4) is 0 Å². The fourth-order valence-corrected chi connectivity index (χ4v) is 3.30. The maximum Gasteiger partial charge on any atom is 0.190 e. The molecule has 118 valence electrons. The Morgan fingerprint density at radius 2 is 1.79 bits per heavy atom. The Labute approximate surface area is 143 Å². The van der Waals surface area contributed by atoms with Crippen LogP contribution in [0.25, 0.3) is 21.6 Å². The topological polar surface area (TPSA) is 63.6 Å². The molecule has 0 saturated heterocycles. The number of rotatable bonds is 3. The lowest BCUT2D eigenvalue weighted by molar-refractivity contribution is 1.20. The second kappa shape index (κ2) is 5.98. The summed E-state index contributed by atoms with van der Waals surface area (Å²) in [4.78, 5) is 18.8. The number of aromatic nitrogens is 4. The largest absolute Gasteiger partial charge is 0.316 e. The van der Waals surface area contributed by atoms with Crippen LogP contribution in [-0.2, 0) is 0 Å². The fourth-order valence-electron chi connectivity index (χ4n) is 2.45. The molecule has 0 saturated carbocycles. The van der Waals surface area contributed by atoms with Crippen LogP contribution in [0.15, 0.2) is 48.8 Å². The zero-order valence-electron chi connectivity index (χ0n) is 13.3. The van der Waals surface area contributed by atoms with E-state index in [1.807, 2.05) is 50.2 Å². The Bertz CT molecular complexity index is 1020. The molecule has 0 bridgehead atoms. The molecular formula is C18H15N5S. The van der Waals surface area contributed by atoms with E-state index >= 15 is 0 Å². The molecule has 4 rings (SSSR count). The van der Waals surface area contributed by atoms with Crippen molar-refractivity contribution < 1.29 is 0 Å². The summed E-state index contributed by atoms with van der Waals surface area (Å²) in [6.07, 6.45) is 3.59. The lowest BCUT2D eigenvalue weighted by atomic mass is 10.1. The number of aryl methyl sites for hydroxylation is 2. The first kappa shape index (κ1) is 14.7. The van der Waals surface area contributed by atoms with Gasteiger partial charge in [-0.3, -0.25) is 4.98 Å². The van der Waals surface area contributed by atoms with Crippen LogP contribution < -0.4 is 5.32 Å². The summed E-state index contributed by atoms with van der Waals surface area (Å²) >= 11 is 1.52. The third-order valence-corrected chi connectivity index (χ3v) is 4.48. The standard InChI is InChI=1S/C18H15N5S/c1-11-5-7-20-16(9-11)23-18-22-15-4-3-14(21-17(15)24-18)13-6-8-19-12(2)10-13/h3-10H,1-2H3,(H,20,22,23). The van der Waals surface area contributed by atoms with Crippen LogP contribution >= 0.6 is 11.3 Å². The first-order chi connectivity index (χ1) is 11.7. The summed E-state index contributed by atoms with van der Waals surface area (Å²) in [7, 11) is 0. The SMILES string of the molecule is Cc1ccnc(Nc2nc3ccc(-c4ccnc(C)c4)nc3s2)c1. The van der Waals surface area contributed by atoms with Gasteiger partial charge in [-0.05, 0) is 55.8 Å². The van der Waals surface area contributed by atoms with Gasteiger partial charge in [-0.1, -0.05) is 11.3 Å². The van der Waals surface area contributed by atoms with Crippen LogP contribution in [0, 0.1) is 13.8 Å². The van der Waals surface area contributed by atoms with Crippen LogP contribution in [0.5, 0.6) is 0 Å². The Balaban J connectivity index is 1.68. The minimum absolute atomic E-state index is 0.790. The highest BCUT2D eigenvalue weighted by atomic mass is 32.1. The van der Waals surface area contributed by atoms with Gasteiger partial charge in [0.2, 0.25) is 0 Å². The number of nitrogens with zero attached hydrogens (tertiary/aromatic N) is 4. The Morgan fingerprint density at radius 3 is 2.62 bits per heavy atom. The molecule has 0 atom stereocenters. The van der Waals surface area contributed by atoms with Gasteiger partial charge in [-0.25, -0.2) is 15.0 Å². The molecule has 6 heteroatoms. The minimum Gasteiger partial charge on any atom is -0.316 e. The molecule has 0 radical (unpaired) electrons. The van der Waals surface area contributed by atoms with E-state index in [0.29, 0.717) is 0 Å². The zero-order chi connectivity index (χ0) is 16.5. The van der Waals surface area contributed by atoms with Crippen molar-refractivity contribution in [2.75, 3.05) is 5.32 Å². The molecule has 0 aliphatic carbocycles. The fraction of sp³-hybridized carbons (Fsp3) is 0.111. The number of thiazole rings is 1. The maximum absolute atomic E-state index is 4.73. The first-order valence-electron chi connectivity index (χ1n) is 7.58. The van der Waals surface area contributed by atoms with Crippen LogP contribution in [0.4, 0.5) is 10.9 Å². The number of hydrogen-bond acceptors (Lipinski definition) is 6. The second-order valence-corrected chi connectivity index (χ2v) is 6.55. The molecule has 4 heterocycles. The summed E-state index contributed by atoms with van der Waals surface area (Å²) in [5, 5.41) is 4.04. The van der Waals surface area contributed by atoms with E-state index in [4.69, 9.17) is 4.98 Å². The van der Waals surface area contributed by atoms with E-state index in [-0.39, 0.29) is 0 Å². The molecule has 0 unspecified atom stereocenters. The summed E-state index contributed by atoms with van der Waals surface area (Å²) in [6.45, 7) is 4.02. The van der Waals surface area contributed by atoms with E-state index in [9.17, 15) is 0 Å². The third-order valence-electron chi connectivity index (χ3n) is 3.60. The van der Waals surface area contributed by atoms with Gasteiger partial charge in [0.25, 0.3) is 0 Å². The Hall–Kier alpha value is -2.86. The molecule has 0 aliphatic rings. The van der Waals surface area contributed by atoms with Crippen molar-refractivity contribution in [1.29, 1.82) is 0 Å². The molecule has 24 heavy (non-hydrogen) atoms. The molecular weight excluding hydrogens is 318 g/mol. The number of anilines is 2. The molecule has 0 amide bonds. The van der Waals surface area contributed by atoms with Crippen molar-refractivity contribution in [1.82, 2.24) is 19.9 Å². The van der Waals surface area contributed by atoms with Crippen LogP contribution in [0.1, 0.15) is 11.3 Å². The zero-order valence-corrected chi connectivity index (χ0v) is 14.1. The molecule has 4 aromatic rings. The molecule has 5 nitrogen and oxygen atoms in total. The van der Waals surface area contributed by atoms with Crippen molar-refractivity contribution >= 4 is 32.6 Å². The molecule has 4 aromatic heterocycles. The number of nitrogens with one attached hydrogen (secondary N) is 1. The van der Waals surface area contributed by atoms with E-state index in [1.54, 1.807) is 12.4 Å². The van der Waals surface area contributed by atoms with Gasteiger partial charge in [-0.15, -0.1) is 0 Å². The van der Waals surface area contributed by atoms with E-state index in [0.717, 1.165) is 43.8 Å². The monoisotopic (exact) mass is 333 g/mol. The van der Waals surface area contributed by atoms with Gasteiger partial charge in [-0.2, -0.15) is 0 Å². The number of hydrogen-bond donors (Lipinski definition) is 1. The van der Waals surface area contributed by atoms with Crippen molar-refractivity contribution in [2.45, 2.75) is 13.8 Å². The highest BCUT2D eigenvalue weighted by Crippen LogP contribution is 2.29. The summed E-state index contributed by atoms with van der Waals surface area (Å²) in [5.41, 5.74) is 5.00. The van der Waals surface area contributed by atoms with Crippen LogP contribution in [-0.4, -0.2) is 19.9 Å². The summed E-state index contributed by atoms with van der Waals surface area (Å²) < 4.78 is 0. The van der Waals surface area contributed by atoms with E-state index in [2.05, 4.69) is 20.3 Å². The lowest BCUT2D eigenvalue weighted by Gasteiger charge is -2.01. The van der Waals surface area contributed by atoms with E-state index < -0.39 is 0 Å². The van der Waals surface area contributed by atoms with Gasteiger partial charge in [0, 0.05) is 23.7 Å². The minimum atomic E-state index is 0.790. The second-order valence-electron chi connectivity index (χ2n) is 5.57. The summed E-state index contributed by atoms with van der Waals surface area (Å²) in [6, 6.07) is 12.0. The number of fused-ring (bicyclic) bond motifs is 1. The average Bonchev–Trinajstić information content (AvgIpc) is 2.96. The molecule has 0 aromatic carbocycles. The Morgan fingerprint density at radius 1 is 0.917 bits per heavy atom. The molecule has 0 aliphatic heterocycles. The van der Waals surface area contributed by atoms with Gasteiger partial charge in [0.05, 0.1) is 5.69 Å². The van der Waals surface area contributed by atoms with Crippen molar-refractivity contribution in [3.63, 3.8) is 0 Å². The van der Waals surface area contributed by atoms with Gasteiger partial charge in [0.1, 0.15) is 16.2 Å². The summed E-state index contributed by atoms with van der Waals surface area (Å²) in [5.74, 6) is 0.791. The smallest absolute Gasteiger partial charge is 0.190 e. The lowest BCUT2D eigenvalue weighted by Crippen LogP contribution is -1.92. The Kier molecular flexibility index (Phi) is 3.66. The average molecular weight is 333 g/mol. The third kappa shape index (κ3) is 2.96. The van der Waals surface area contributed by atoms with E-state index in [1.165, 1.54) is 11.3 Å². The maximum atomic E-state index is 4.73. The normalized spacial score (nSPS) is 10.9. The predicted octanol–water partition coefficient (Wildman–Crippen LogP) is 4.51. The van der Waals surface area contributed by atoms with Gasteiger partial charge < -0.3 is 5.32 Å². The molecule has 0 spiro atoms. The highest BCUT2D eigenvalue weighted by Gasteiger charge is 2.08. The van der Waals surface area contributed by atoms with Crippen LogP contribution in [0.2, 0.25) is 0 Å². The van der Waals surface area contributed by atoms with Crippen molar-refractivity contribution in [2.24, 2.45) is 0 Å². The van der Waals surface area contributed by atoms with Gasteiger partial charge in [0.15, 0.2) is 5.13 Å². The molecule has 0 fully saturated rings. The quantitative estimate of drug-likeness (QED) is 0.597. The van der Waals surface area contributed by atoms with Crippen molar-refractivity contribution in [3.05, 3.63) is 60.0 Å². The highest BCUT2D eigenvalue weighted by molar-refractivity contribution is 7.21. The predicted molar refractivity (Wildman–Crippen MR) is 97.6 cm³/mol. The number of pyridine rings is 3. The van der Waals surface area contributed by atoms with Crippen molar-refractivity contribution in [3.8, 4) is 11.3 Å².